The molecule has 0 fully saturated rings. The van der Waals surface area contributed by atoms with Crippen LogP contribution in [0.25, 0.3) is 0 Å². The largest absolute Gasteiger partial charge is 0.756 e. The molecule has 0 radical (unpaired) electrons. The highest BCUT2D eigenvalue weighted by Gasteiger charge is 2.22. The van der Waals surface area contributed by atoms with E-state index in [1.807, 2.05) is 21.1 Å². The van der Waals surface area contributed by atoms with Gasteiger partial charge in [-0.1, -0.05) is 334 Å². The first-order valence-electron chi connectivity index (χ1n) is 35.5. The molecule has 0 rings (SSSR count). The normalized spacial score (nSPS) is 13.2. The van der Waals surface area contributed by atoms with E-state index in [4.69, 9.17) is 18.5 Å². The average molecular weight is 1160 g/mol. The maximum Gasteiger partial charge on any atom is 0.306 e. The monoisotopic (exact) mass is 1160 g/mol. The van der Waals surface area contributed by atoms with Crippen molar-refractivity contribution in [2.45, 2.75) is 373 Å². The summed E-state index contributed by atoms with van der Waals surface area (Å²) in [5.74, 6) is -0.808. The molecule has 9 nitrogen and oxygen atoms in total. The number of allylic oxidation sites excluding steroid dienone is 4. The minimum absolute atomic E-state index is 0.0263. The Balaban J connectivity index is 3.95. The molecule has 2 atom stereocenters. The lowest BCUT2D eigenvalue weighted by molar-refractivity contribution is -0.870. The molecule has 0 spiro atoms. The Bertz CT molecular complexity index is 1420. The number of likely N-dealkylation sites (N-methyl/N-ethyl adjacent to an activating group) is 1. The molecule has 0 aromatic carbocycles. The van der Waals surface area contributed by atoms with E-state index in [1.165, 1.54) is 295 Å². The first kappa shape index (κ1) is 79.5. The molecule has 0 saturated heterocycles. The van der Waals surface area contributed by atoms with Gasteiger partial charge in [0.1, 0.15) is 19.8 Å². The first-order valence-corrected chi connectivity index (χ1v) is 37.0. The van der Waals surface area contributed by atoms with Crippen molar-refractivity contribution in [3.63, 3.8) is 0 Å². The third kappa shape index (κ3) is 67.5. The zero-order chi connectivity index (χ0) is 59.1. The second-order valence-corrected chi connectivity index (χ2v) is 27.0. The summed E-state index contributed by atoms with van der Waals surface area (Å²) < 4.78 is 34.3. The quantitative estimate of drug-likeness (QED) is 0.0195. The summed E-state index contributed by atoms with van der Waals surface area (Å²) in [6.45, 7) is 4.31. The fourth-order valence-corrected chi connectivity index (χ4v) is 11.5. The van der Waals surface area contributed by atoms with Gasteiger partial charge in [0.25, 0.3) is 7.82 Å². The van der Waals surface area contributed by atoms with Gasteiger partial charge < -0.3 is 27.9 Å². The second-order valence-electron chi connectivity index (χ2n) is 25.6. The minimum Gasteiger partial charge on any atom is -0.756 e. The van der Waals surface area contributed by atoms with Crippen LogP contribution in [0.4, 0.5) is 0 Å². The SMILES string of the molecule is CCCCCCC/C=C\C/C=C\CCCCCCCCCCCCCCCCCCCCCCCCCC(=O)OC(COC(=O)CCCCCCCCCCCCCCCCCCCCCCCC)COP(=O)([O-])OCC[N+](C)(C)C. The molecule has 0 saturated carbocycles. The number of rotatable bonds is 67. The van der Waals surface area contributed by atoms with Crippen LogP contribution in [-0.2, 0) is 32.7 Å². The van der Waals surface area contributed by atoms with Crippen LogP contribution in [0.3, 0.4) is 0 Å². The Kier molecular flexibility index (Phi) is 61.8. The number of hydrogen-bond donors (Lipinski definition) is 0. The summed E-state index contributed by atoms with van der Waals surface area (Å²) in [7, 11) is 1.19. The standard InChI is InChI=1S/C71H138NO8P/c1-6-8-10-12-14-16-18-20-22-24-26-28-30-31-32-33-34-35-36-37-38-39-40-41-42-44-46-48-50-52-54-56-58-60-62-64-71(74)80-69(68-79-81(75,76)78-66-65-72(3,4)5)67-77-70(73)63-61-59-57-55-53-51-49-47-45-43-29-27-25-23-21-19-17-15-13-11-9-7-2/h18,20,24,26,69H,6-17,19,21-23,25,27-68H2,1-5H3/b20-18-,26-24-. The number of phosphoric ester groups is 1. The third-order valence-corrected chi connectivity index (χ3v) is 17.2. The molecule has 81 heavy (non-hydrogen) atoms. The van der Waals surface area contributed by atoms with Crippen LogP contribution in [0.2, 0.25) is 0 Å². The molecular formula is C71H138NO8P. The molecule has 0 N–H and O–H groups in total. The highest BCUT2D eigenvalue weighted by atomic mass is 31.2. The number of quaternary nitrogens is 1. The highest BCUT2D eigenvalue weighted by molar-refractivity contribution is 7.45. The van der Waals surface area contributed by atoms with Gasteiger partial charge in [-0.2, -0.15) is 0 Å². The molecule has 0 aliphatic carbocycles. The molecule has 0 aromatic rings. The van der Waals surface area contributed by atoms with Gasteiger partial charge >= 0.3 is 11.9 Å². The molecule has 10 heteroatoms. The van der Waals surface area contributed by atoms with Crippen molar-refractivity contribution in [2.24, 2.45) is 0 Å². The van der Waals surface area contributed by atoms with Gasteiger partial charge in [-0.05, 0) is 44.9 Å². The molecule has 480 valence electrons. The summed E-state index contributed by atoms with van der Waals surface area (Å²) >= 11 is 0. The van der Waals surface area contributed by atoms with E-state index in [0.29, 0.717) is 17.4 Å². The van der Waals surface area contributed by atoms with Gasteiger partial charge in [0.15, 0.2) is 6.10 Å². The molecular weight excluding hydrogens is 1030 g/mol. The zero-order valence-electron chi connectivity index (χ0n) is 54.8. The van der Waals surface area contributed by atoms with Crippen LogP contribution in [0, 0.1) is 0 Å². The number of hydrogen-bond acceptors (Lipinski definition) is 8. The number of esters is 2. The van der Waals surface area contributed by atoms with E-state index in [2.05, 4.69) is 38.2 Å². The predicted molar refractivity (Wildman–Crippen MR) is 347 cm³/mol. The summed E-state index contributed by atoms with van der Waals surface area (Å²) in [5.41, 5.74) is 0. The van der Waals surface area contributed by atoms with Crippen LogP contribution >= 0.6 is 7.82 Å². The van der Waals surface area contributed by atoms with Crippen LogP contribution in [0.15, 0.2) is 24.3 Å². The van der Waals surface area contributed by atoms with Gasteiger partial charge in [-0.25, -0.2) is 0 Å². The first-order chi connectivity index (χ1) is 39.5. The van der Waals surface area contributed by atoms with Gasteiger partial charge in [-0.3, -0.25) is 14.2 Å². The fraction of sp³-hybridized carbons (Fsp3) is 0.915. The third-order valence-electron chi connectivity index (χ3n) is 16.2. The maximum absolute atomic E-state index is 12.9. The van der Waals surface area contributed by atoms with Crippen molar-refractivity contribution < 1.29 is 42.1 Å². The summed E-state index contributed by atoms with van der Waals surface area (Å²) in [6.07, 6.45) is 78.4. The van der Waals surface area contributed by atoms with Crippen LogP contribution in [0.1, 0.15) is 367 Å². The number of nitrogens with zero attached hydrogens (tertiary/aromatic N) is 1. The summed E-state index contributed by atoms with van der Waals surface area (Å²) in [6, 6.07) is 0. The molecule has 0 aliphatic heterocycles. The van der Waals surface area contributed by atoms with Crippen LogP contribution in [-0.4, -0.2) is 70.0 Å². The molecule has 0 aromatic heterocycles. The van der Waals surface area contributed by atoms with E-state index in [-0.39, 0.29) is 32.0 Å². The number of phosphoric acid groups is 1. The van der Waals surface area contributed by atoms with Gasteiger partial charge in [0.2, 0.25) is 0 Å². The van der Waals surface area contributed by atoms with E-state index in [0.717, 1.165) is 38.5 Å². The number of carbonyl (C=O) groups excluding carboxylic acids is 2. The van der Waals surface area contributed by atoms with E-state index < -0.39 is 26.5 Å². The maximum atomic E-state index is 12.9. The Morgan fingerprint density at radius 2 is 0.667 bits per heavy atom. The van der Waals surface area contributed by atoms with Crippen molar-refractivity contribution >= 4 is 19.8 Å². The van der Waals surface area contributed by atoms with Crippen molar-refractivity contribution in [1.29, 1.82) is 0 Å². The van der Waals surface area contributed by atoms with Crippen molar-refractivity contribution in [2.75, 3.05) is 47.5 Å². The van der Waals surface area contributed by atoms with E-state index in [1.54, 1.807) is 0 Å². The van der Waals surface area contributed by atoms with Crippen LogP contribution in [0.5, 0.6) is 0 Å². The molecule has 0 amide bonds. The van der Waals surface area contributed by atoms with Crippen molar-refractivity contribution in [3.8, 4) is 0 Å². The lowest BCUT2D eigenvalue weighted by Gasteiger charge is -2.28. The van der Waals surface area contributed by atoms with E-state index >= 15 is 0 Å². The average Bonchev–Trinajstić information content (AvgIpc) is 3.43. The smallest absolute Gasteiger partial charge is 0.306 e. The predicted octanol–water partition coefficient (Wildman–Crippen LogP) is 22.3. The molecule has 2 unspecified atom stereocenters. The molecule has 0 heterocycles. The van der Waals surface area contributed by atoms with Gasteiger partial charge in [0.05, 0.1) is 27.7 Å². The number of ether oxygens (including phenoxy) is 2. The van der Waals surface area contributed by atoms with Crippen molar-refractivity contribution in [1.82, 2.24) is 0 Å². The lowest BCUT2D eigenvalue weighted by atomic mass is 10.0. The van der Waals surface area contributed by atoms with Gasteiger partial charge in [-0.15, -0.1) is 0 Å². The topological polar surface area (TPSA) is 111 Å². The minimum atomic E-state index is -4.64. The Hall–Kier alpha value is -1.51. The molecule has 0 bridgehead atoms. The summed E-state index contributed by atoms with van der Waals surface area (Å²) in [5, 5.41) is 0. The highest BCUT2D eigenvalue weighted by Crippen LogP contribution is 2.38. The zero-order valence-corrected chi connectivity index (χ0v) is 55.7. The summed E-state index contributed by atoms with van der Waals surface area (Å²) in [4.78, 5) is 38.0. The van der Waals surface area contributed by atoms with Gasteiger partial charge in [0, 0.05) is 12.8 Å². The van der Waals surface area contributed by atoms with E-state index in [9.17, 15) is 19.0 Å². The Labute approximate surface area is 504 Å². The Morgan fingerprint density at radius 3 is 0.975 bits per heavy atom. The van der Waals surface area contributed by atoms with Crippen LogP contribution < -0.4 is 4.89 Å². The lowest BCUT2D eigenvalue weighted by Crippen LogP contribution is -2.37. The second kappa shape index (κ2) is 63.0. The van der Waals surface area contributed by atoms with Crippen molar-refractivity contribution in [3.05, 3.63) is 24.3 Å². The fourth-order valence-electron chi connectivity index (χ4n) is 10.8. The number of carbonyl (C=O) groups is 2. The number of unbranched alkanes of at least 4 members (excludes halogenated alkanes) is 49. The molecule has 0 aliphatic rings. The Morgan fingerprint density at radius 1 is 0.383 bits per heavy atom.